The SMILES string of the molecule is Cc1cn(-c2ccnc3[nH]c(-c4[nH]nc5ncc(-c6cncc(OC7CCCCC7)c6)cc45)cc23)cn1. The number of aryl methyl sites for hydroxylation is 1. The topological polar surface area (TPSA) is 110 Å². The van der Waals surface area contributed by atoms with Crippen LogP contribution in [0.4, 0.5) is 0 Å². The molecule has 2 N–H and O–H groups in total. The van der Waals surface area contributed by atoms with Gasteiger partial charge in [0.15, 0.2) is 5.65 Å². The molecule has 0 unspecified atom stereocenters. The number of rotatable bonds is 5. The molecule has 1 aliphatic carbocycles. The van der Waals surface area contributed by atoms with Crippen LogP contribution in [0.15, 0.2) is 61.6 Å². The Morgan fingerprint density at radius 2 is 1.84 bits per heavy atom. The first-order chi connectivity index (χ1) is 18.2. The summed E-state index contributed by atoms with van der Waals surface area (Å²) >= 11 is 0. The van der Waals surface area contributed by atoms with E-state index in [0.717, 1.165) is 68.9 Å². The number of pyridine rings is 3. The van der Waals surface area contributed by atoms with Gasteiger partial charge in [-0.25, -0.2) is 15.0 Å². The molecule has 6 heterocycles. The Balaban J connectivity index is 1.26. The minimum atomic E-state index is 0.277. The Morgan fingerprint density at radius 1 is 0.946 bits per heavy atom. The van der Waals surface area contributed by atoms with Crippen molar-refractivity contribution in [1.29, 1.82) is 0 Å². The van der Waals surface area contributed by atoms with E-state index in [1.54, 1.807) is 12.4 Å². The molecule has 0 amide bonds. The number of imidazole rings is 1. The number of aromatic amines is 2. The van der Waals surface area contributed by atoms with Crippen LogP contribution in [0.3, 0.4) is 0 Å². The van der Waals surface area contributed by atoms with Crippen LogP contribution in [-0.2, 0) is 0 Å². The zero-order valence-corrected chi connectivity index (χ0v) is 20.5. The lowest BCUT2D eigenvalue weighted by Crippen LogP contribution is -2.19. The van der Waals surface area contributed by atoms with Crippen molar-refractivity contribution < 1.29 is 4.74 Å². The lowest BCUT2D eigenvalue weighted by molar-refractivity contribution is 0.154. The second-order valence-electron chi connectivity index (χ2n) is 9.68. The molecule has 1 saturated carbocycles. The minimum absolute atomic E-state index is 0.277. The predicted octanol–water partition coefficient (Wildman–Crippen LogP) is 5.77. The summed E-state index contributed by atoms with van der Waals surface area (Å²) in [6, 6.07) is 8.23. The Kier molecular flexibility index (Phi) is 5.20. The van der Waals surface area contributed by atoms with Crippen molar-refractivity contribution in [3.63, 3.8) is 0 Å². The first-order valence-electron chi connectivity index (χ1n) is 12.7. The van der Waals surface area contributed by atoms with Crippen molar-refractivity contribution in [2.45, 2.75) is 45.1 Å². The van der Waals surface area contributed by atoms with Gasteiger partial charge in [-0.1, -0.05) is 6.42 Å². The summed E-state index contributed by atoms with van der Waals surface area (Å²) in [6.07, 6.45) is 17.4. The van der Waals surface area contributed by atoms with Crippen molar-refractivity contribution in [2.24, 2.45) is 0 Å². The minimum Gasteiger partial charge on any atom is -0.489 e. The third kappa shape index (κ3) is 4.02. The lowest BCUT2D eigenvalue weighted by Gasteiger charge is -2.23. The first kappa shape index (κ1) is 21.7. The fraction of sp³-hybridized carbons (Fsp3) is 0.250. The van der Waals surface area contributed by atoms with Crippen LogP contribution < -0.4 is 4.74 Å². The maximum Gasteiger partial charge on any atom is 0.181 e. The van der Waals surface area contributed by atoms with Crippen LogP contribution in [0, 0.1) is 6.92 Å². The summed E-state index contributed by atoms with van der Waals surface area (Å²) in [5, 5.41) is 9.53. The molecule has 0 radical (unpaired) electrons. The Bertz CT molecular complexity index is 1720. The highest BCUT2D eigenvalue weighted by molar-refractivity contribution is 5.97. The largest absolute Gasteiger partial charge is 0.489 e. The van der Waals surface area contributed by atoms with E-state index in [4.69, 9.17) is 4.74 Å². The van der Waals surface area contributed by atoms with E-state index in [-0.39, 0.29) is 6.10 Å². The van der Waals surface area contributed by atoms with Crippen LogP contribution >= 0.6 is 0 Å². The summed E-state index contributed by atoms with van der Waals surface area (Å²) in [5.74, 6) is 0.806. The smallest absolute Gasteiger partial charge is 0.181 e. The number of ether oxygens (including phenoxy) is 1. The highest BCUT2D eigenvalue weighted by Gasteiger charge is 2.17. The summed E-state index contributed by atoms with van der Waals surface area (Å²) < 4.78 is 8.26. The van der Waals surface area contributed by atoms with Gasteiger partial charge in [0.2, 0.25) is 0 Å². The molecular formula is C28H26N8O. The van der Waals surface area contributed by atoms with E-state index in [9.17, 15) is 0 Å². The molecule has 0 aromatic carbocycles. The molecule has 6 aromatic heterocycles. The van der Waals surface area contributed by atoms with Crippen molar-refractivity contribution in [2.75, 3.05) is 0 Å². The van der Waals surface area contributed by atoms with Crippen LogP contribution in [-0.4, -0.2) is 45.8 Å². The second kappa shape index (κ2) is 8.85. The number of hydrogen-bond donors (Lipinski definition) is 2. The molecule has 1 fully saturated rings. The molecule has 1 aliphatic rings. The van der Waals surface area contributed by atoms with Gasteiger partial charge in [0.05, 0.1) is 41.4 Å². The molecule has 0 aliphatic heterocycles. The molecule has 37 heavy (non-hydrogen) atoms. The van der Waals surface area contributed by atoms with E-state index in [1.807, 2.05) is 42.5 Å². The van der Waals surface area contributed by atoms with Gasteiger partial charge in [0.25, 0.3) is 0 Å². The number of hydrogen-bond acceptors (Lipinski definition) is 6. The third-order valence-electron chi connectivity index (χ3n) is 7.08. The molecular weight excluding hydrogens is 464 g/mol. The van der Waals surface area contributed by atoms with Gasteiger partial charge in [-0.05, 0) is 56.9 Å². The number of fused-ring (bicyclic) bond motifs is 2. The monoisotopic (exact) mass is 490 g/mol. The Labute approximate surface area is 213 Å². The molecule has 184 valence electrons. The van der Waals surface area contributed by atoms with Gasteiger partial charge >= 0.3 is 0 Å². The van der Waals surface area contributed by atoms with E-state index in [2.05, 4.69) is 53.3 Å². The zero-order chi connectivity index (χ0) is 24.8. The van der Waals surface area contributed by atoms with Gasteiger partial charge in [-0.15, -0.1) is 0 Å². The maximum atomic E-state index is 6.25. The quantitative estimate of drug-likeness (QED) is 0.317. The summed E-state index contributed by atoms with van der Waals surface area (Å²) in [5.41, 5.74) is 7.09. The molecule has 9 nitrogen and oxygen atoms in total. The standard InChI is InChI=1S/C28H26N8O/c1-17-15-36(16-32-17)25-7-8-30-27-22(25)11-24(33-27)26-23-10-19(13-31-28(23)35-34-26)18-9-21(14-29-12-18)37-20-5-3-2-4-6-20/h7-16,20H,2-6H2,1H3,(H,30,33)(H,31,34,35). The highest BCUT2D eigenvalue weighted by atomic mass is 16.5. The van der Waals surface area contributed by atoms with Gasteiger partial charge in [0.1, 0.15) is 11.4 Å². The fourth-order valence-corrected chi connectivity index (χ4v) is 5.21. The molecule has 9 heteroatoms. The molecule has 0 saturated heterocycles. The van der Waals surface area contributed by atoms with Gasteiger partial charge in [-0.3, -0.25) is 10.1 Å². The van der Waals surface area contributed by atoms with E-state index in [1.165, 1.54) is 19.3 Å². The number of nitrogens with one attached hydrogen (secondary N) is 2. The fourth-order valence-electron chi connectivity index (χ4n) is 5.21. The number of H-pyrrole nitrogens is 2. The predicted molar refractivity (Wildman–Crippen MR) is 142 cm³/mol. The van der Waals surface area contributed by atoms with Gasteiger partial charge in [-0.2, -0.15) is 5.10 Å². The van der Waals surface area contributed by atoms with Crippen molar-refractivity contribution in [1.82, 2.24) is 39.7 Å². The van der Waals surface area contributed by atoms with Crippen LogP contribution in [0.2, 0.25) is 0 Å². The van der Waals surface area contributed by atoms with Crippen molar-refractivity contribution in [3.8, 4) is 34.0 Å². The molecule has 0 bridgehead atoms. The van der Waals surface area contributed by atoms with E-state index >= 15 is 0 Å². The molecule has 7 rings (SSSR count). The van der Waals surface area contributed by atoms with Crippen LogP contribution in [0.1, 0.15) is 37.8 Å². The molecule has 0 spiro atoms. The third-order valence-corrected chi connectivity index (χ3v) is 7.08. The average molecular weight is 491 g/mol. The lowest BCUT2D eigenvalue weighted by atomic mass is 9.98. The number of aromatic nitrogens is 8. The van der Waals surface area contributed by atoms with Crippen molar-refractivity contribution >= 4 is 22.1 Å². The molecule has 0 atom stereocenters. The number of nitrogens with zero attached hydrogens (tertiary/aromatic N) is 6. The summed E-state index contributed by atoms with van der Waals surface area (Å²) in [6.45, 7) is 1.98. The van der Waals surface area contributed by atoms with Crippen molar-refractivity contribution in [3.05, 3.63) is 67.3 Å². The summed E-state index contributed by atoms with van der Waals surface area (Å²) in [4.78, 5) is 21.4. The highest BCUT2D eigenvalue weighted by Crippen LogP contribution is 2.33. The van der Waals surface area contributed by atoms with Gasteiger partial charge < -0.3 is 14.3 Å². The molecule has 6 aromatic rings. The first-order valence-corrected chi connectivity index (χ1v) is 12.7. The average Bonchev–Trinajstić information content (AvgIpc) is 3.66. The Morgan fingerprint density at radius 3 is 2.70 bits per heavy atom. The van der Waals surface area contributed by atoms with E-state index < -0.39 is 0 Å². The second-order valence-corrected chi connectivity index (χ2v) is 9.68. The van der Waals surface area contributed by atoms with Crippen LogP contribution in [0.25, 0.3) is 50.3 Å². The Hall–Kier alpha value is -4.53. The van der Waals surface area contributed by atoms with Gasteiger partial charge in [0, 0.05) is 46.7 Å². The van der Waals surface area contributed by atoms with E-state index in [0.29, 0.717) is 5.65 Å². The maximum absolute atomic E-state index is 6.25. The zero-order valence-electron chi connectivity index (χ0n) is 20.5. The summed E-state index contributed by atoms with van der Waals surface area (Å²) in [7, 11) is 0. The van der Waals surface area contributed by atoms with Crippen LogP contribution in [0.5, 0.6) is 5.75 Å². The normalized spacial score (nSPS) is 14.5.